The Labute approximate surface area is 156 Å². The van der Waals surface area contributed by atoms with Crippen LogP contribution in [0.1, 0.15) is 11.3 Å². The molecule has 9 heteroatoms. The number of hydrogen-bond acceptors (Lipinski definition) is 7. The Morgan fingerprint density at radius 2 is 2.00 bits per heavy atom. The summed E-state index contributed by atoms with van der Waals surface area (Å²) in [6.45, 7) is 1.92. The second-order valence-corrected chi connectivity index (χ2v) is 9.51. The first-order chi connectivity index (χ1) is 12.3. The van der Waals surface area contributed by atoms with E-state index in [1.807, 2.05) is 19.1 Å². The third-order valence-electron chi connectivity index (χ3n) is 4.29. The zero-order valence-corrected chi connectivity index (χ0v) is 16.4. The Balaban J connectivity index is 1.80. The van der Waals surface area contributed by atoms with Crippen molar-refractivity contribution >= 4 is 32.2 Å². The fourth-order valence-corrected chi connectivity index (χ4v) is 5.49. The van der Waals surface area contributed by atoms with Gasteiger partial charge in [0.05, 0.1) is 37.3 Å². The first-order valence-corrected chi connectivity index (χ1v) is 10.7. The lowest BCUT2D eigenvalue weighted by atomic mass is 10.1. The maximum Gasteiger partial charge on any atom is 0.230 e. The number of sulfone groups is 1. The van der Waals surface area contributed by atoms with Crippen LogP contribution in [0.25, 0.3) is 11.3 Å². The monoisotopic (exact) mass is 396 g/mol. The number of nitrogens with one attached hydrogen (secondary N) is 1. The van der Waals surface area contributed by atoms with Crippen molar-refractivity contribution in [3.63, 3.8) is 0 Å². The van der Waals surface area contributed by atoms with E-state index in [4.69, 9.17) is 9.47 Å². The number of ether oxygens (including phenoxy) is 2. The number of methoxy groups -OCH3 is 2. The lowest BCUT2D eigenvalue weighted by Crippen LogP contribution is -2.23. The minimum atomic E-state index is -3.10. The molecule has 0 bridgehead atoms. The number of nitrogens with zero attached hydrogens (tertiary/aromatic N) is 1. The summed E-state index contributed by atoms with van der Waals surface area (Å²) in [6.07, 6.45) is 0.362. The van der Waals surface area contributed by atoms with Gasteiger partial charge in [0, 0.05) is 10.4 Å². The van der Waals surface area contributed by atoms with Crippen molar-refractivity contribution in [3.05, 3.63) is 23.1 Å². The average molecular weight is 396 g/mol. The third-order valence-corrected chi connectivity index (χ3v) is 6.94. The Kier molecular flexibility index (Phi) is 5.19. The molecule has 1 aromatic heterocycles. The van der Waals surface area contributed by atoms with Crippen LogP contribution in [0, 0.1) is 12.8 Å². The lowest BCUT2D eigenvalue weighted by Gasteiger charge is -2.09. The molecule has 0 saturated carbocycles. The Morgan fingerprint density at radius 1 is 1.27 bits per heavy atom. The molecule has 1 aromatic carbocycles. The summed E-state index contributed by atoms with van der Waals surface area (Å²) < 4.78 is 33.6. The van der Waals surface area contributed by atoms with Gasteiger partial charge in [0.15, 0.2) is 26.5 Å². The van der Waals surface area contributed by atoms with Crippen molar-refractivity contribution < 1.29 is 22.7 Å². The maximum absolute atomic E-state index is 12.3. The largest absolute Gasteiger partial charge is 0.493 e. The summed E-state index contributed by atoms with van der Waals surface area (Å²) in [5.74, 6) is 0.400. The summed E-state index contributed by atoms with van der Waals surface area (Å²) in [7, 11) is 0.0416. The molecule has 2 aromatic rings. The van der Waals surface area contributed by atoms with Crippen LogP contribution in [0.5, 0.6) is 11.5 Å². The molecule has 1 aliphatic rings. The molecule has 0 unspecified atom stereocenters. The van der Waals surface area contributed by atoms with Gasteiger partial charge in [-0.2, -0.15) is 0 Å². The second-order valence-electron chi connectivity index (χ2n) is 6.08. The number of aryl methyl sites for hydroxylation is 1. The van der Waals surface area contributed by atoms with Gasteiger partial charge in [-0.05, 0) is 31.5 Å². The highest BCUT2D eigenvalue weighted by atomic mass is 32.2. The molecule has 0 radical (unpaired) electrons. The number of benzene rings is 1. The molecule has 0 spiro atoms. The lowest BCUT2D eigenvalue weighted by molar-refractivity contribution is -0.119. The fraction of sp³-hybridized carbons (Fsp3) is 0.412. The van der Waals surface area contributed by atoms with Gasteiger partial charge in [-0.3, -0.25) is 4.79 Å². The second kappa shape index (κ2) is 7.24. The summed E-state index contributed by atoms with van der Waals surface area (Å²) >= 11 is 1.36. The summed E-state index contributed by atoms with van der Waals surface area (Å²) in [6, 6.07) is 5.50. The highest BCUT2D eigenvalue weighted by molar-refractivity contribution is 7.91. The topological polar surface area (TPSA) is 94.6 Å². The Morgan fingerprint density at radius 3 is 2.62 bits per heavy atom. The van der Waals surface area contributed by atoms with Gasteiger partial charge in [-0.1, -0.05) is 0 Å². The SMILES string of the molecule is COc1ccc(-c2nc(NC(=O)[C@H]3CCS(=O)(=O)C3)sc2C)cc1OC. The molecule has 0 aliphatic carbocycles. The van der Waals surface area contributed by atoms with E-state index in [2.05, 4.69) is 10.3 Å². The zero-order chi connectivity index (χ0) is 18.9. The van der Waals surface area contributed by atoms with Crippen molar-refractivity contribution in [2.75, 3.05) is 31.0 Å². The smallest absolute Gasteiger partial charge is 0.230 e. The predicted molar refractivity (Wildman–Crippen MR) is 101 cm³/mol. The molecule has 140 valence electrons. The minimum Gasteiger partial charge on any atom is -0.493 e. The van der Waals surface area contributed by atoms with Crippen LogP contribution in [0.3, 0.4) is 0 Å². The number of thiazole rings is 1. The van der Waals surface area contributed by atoms with Gasteiger partial charge in [0.1, 0.15) is 0 Å². The van der Waals surface area contributed by atoms with E-state index in [-0.39, 0.29) is 17.4 Å². The third kappa shape index (κ3) is 3.83. The average Bonchev–Trinajstić information content (AvgIpc) is 3.16. The minimum absolute atomic E-state index is 0.0683. The number of amides is 1. The molecule has 1 amide bonds. The van der Waals surface area contributed by atoms with Crippen LogP contribution in [-0.4, -0.2) is 45.0 Å². The number of rotatable bonds is 5. The summed E-state index contributed by atoms with van der Waals surface area (Å²) in [4.78, 5) is 17.7. The molecule has 7 nitrogen and oxygen atoms in total. The molecular formula is C17H20N2O5S2. The van der Waals surface area contributed by atoms with E-state index in [1.54, 1.807) is 20.3 Å². The van der Waals surface area contributed by atoms with Crippen LogP contribution >= 0.6 is 11.3 Å². The van der Waals surface area contributed by atoms with Crippen LogP contribution in [0.15, 0.2) is 18.2 Å². The van der Waals surface area contributed by atoms with Crippen molar-refractivity contribution in [2.45, 2.75) is 13.3 Å². The molecule has 1 N–H and O–H groups in total. The Bertz CT molecular complexity index is 937. The molecule has 1 fully saturated rings. The van der Waals surface area contributed by atoms with Crippen LogP contribution in [0.2, 0.25) is 0 Å². The predicted octanol–water partition coefficient (Wildman–Crippen LogP) is 2.51. The molecule has 1 atom stereocenters. The standard InChI is InChI=1S/C17H20N2O5S2/c1-10-15(11-4-5-13(23-2)14(8-11)24-3)18-17(25-10)19-16(20)12-6-7-26(21,22)9-12/h4-5,8,12H,6-7,9H2,1-3H3,(H,18,19,20)/t12-/m0/s1. The quantitative estimate of drug-likeness (QED) is 0.834. The van der Waals surface area contributed by atoms with Crippen LogP contribution < -0.4 is 14.8 Å². The number of anilines is 1. The van der Waals surface area contributed by atoms with Crippen molar-refractivity contribution in [3.8, 4) is 22.8 Å². The highest BCUT2D eigenvalue weighted by Crippen LogP contribution is 2.36. The van der Waals surface area contributed by atoms with Gasteiger partial charge in [-0.15, -0.1) is 11.3 Å². The van der Waals surface area contributed by atoms with Crippen LogP contribution in [0.4, 0.5) is 5.13 Å². The van der Waals surface area contributed by atoms with E-state index < -0.39 is 15.8 Å². The maximum atomic E-state index is 12.3. The zero-order valence-electron chi connectivity index (χ0n) is 14.7. The van der Waals surface area contributed by atoms with Gasteiger partial charge in [0.25, 0.3) is 0 Å². The molecular weight excluding hydrogens is 376 g/mol. The summed E-state index contributed by atoms with van der Waals surface area (Å²) in [5.41, 5.74) is 1.59. The molecule has 1 saturated heterocycles. The first kappa shape index (κ1) is 18.7. The van der Waals surface area contributed by atoms with Crippen molar-refractivity contribution in [1.82, 2.24) is 4.98 Å². The first-order valence-electron chi connectivity index (χ1n) is 8.04. The Hall–Kier alpha value is -2.13. The molecule has 1 aliphatic heterocycles. The number of aromatic nitrogens is 1. The van der Waals surface area contributed by atoms with Crippen molar-refractivity contribution in [1.29, 1.82) is 0 Å². The fourth-order valence-electron chi connectivity index (χ4n) is 2.91. The van der Waals surface area contributed by atoms with E-state index in [0.717, 1.165) is 16.1 Å². The van der Waals surface area contributed by atoms with E-state index in [0.29, 0.717) is 23.1 Å². The van der Waals surface area contributed by atoms with E-state index >= 15 is 0 Å². The number of carbonyl (C=O) groups excluding carboxylic acids is 1. The van der Waals surface area contributed by atoms with E-state index in [1.165, 1.54) is 11.3 Å². The normalized spacial score (nSPS) is 18.5. The molecule has 3 rings (SSSR count). The van der Waals surface area contributed by atoms with Gasteiger partial charge < -0.3 is 14.8 Å². The molecule has 26 heavy (non-hydrogen) atoms. The molecule has 2 heterocycles. The summed E-state index contributed by atoms with van der Waals surface area (Å²) in [5, 5.41) is 3.21. The number of carbonyl (C=O) groups is 1. The number of hydrogen-bond donors (Lipinski definition) is 1. The van der Waals surface area contributed by atoms with Gasteiger partial charge >= 0.3 is 0 Å². The van der Waals surface area contributed by atoms with Gasteiger partial charge in [-0.25, -0.2) is 13.4 Å². The van der Waals surface area contributed by atoms with E-state index in [9.17, 15) is 13.2 Å². The van der Waals surface area contributed by atoms with Crippen LogP contribution in [-0.2, 0) is 14.6 Å². The van der Waals surface area contributed by atoms with Gasteiger partial charge in [0.2, 0.25) is 5.91 Å². The van der Waals surface area contributed by atoms with Crippen molar-refractivity contribution in [2.24, 2.45) is 5.92 Å². The highest BCUT2D eigenvalue weighted by Gasteiger charge is 2.33.